The highest BCUT2D eigenvalue weighted by Crippen LogP contribution is 2.31. The van der Waals surface area contributed by atoms with E-state index >= 15 is 0 Å². The Bertz CT molecular complexity index is 1380. The van der Waals surface area contributed by atoms with Crippen molar-refractivity contribution >= 4 is 16.9 Å². The summed E-state index contributed by atoms with van der Waals surface area (Å²) in [4.78, 5) is 21.5. The minimum absolute atomic E-state index is 0.0491. The fraction of sp³-hybridized carbons (Fsp3) is 0.148. The highest BCUT2D eigenvalue weighted by atomic mass is 19.1. The quantitative estimate of drug-likeness (QED) is 0.348. The first-order chi connectivity index (χ1) is 16.6. The fourth-order valence-electron chi connectivity index (χ4n) is 3.46. The summed E-state index contributed by atoms with van der Waals surface area (Å²) in [6.07, 6.45) is 2.18. The molecule has 170 valence electrons. The molecule has 7 heteroatoms. The number of pyridine rings is 2. The van der Waals surface area contributed by atoms with E-state index in [0.717, 1.165) is 16.7 Å². The number of nitrogens with zero attached hydrogens (tertiary/aromatic N) is 2. The van der Waals surface area contributed by atoms with Gasteiger partial charge in [0.25, 0.3) is 0 Å². The number of benzene rings is 2. The van der Waals surface area contributed by atoms with Crippen molar-refractivity contribution in [2.75, 3.05) is 13.7 Å². The number of hydrogen-bond acceptors (Lipinski definition) is 6. The monoisotopic (exact) mass is 456 g/mol. The van der Waals surface area contributed by atoms with Gasteiger partial charge in [0.15, 0.2) is 11.4 Å². The van der Waals surface area contributed by atoms with Crippen LogP contribution in [0.5, 0.6) is 5.75 Å². The number of ether oxygens (including phenoxy) is 2. The zero-order valence-corrected chi connectivity index (χ0v) is 18.4. The Balaban J connectivity index is 1.83. The van der Waals surface area contributed by atoms with E-state index in [1.165, 1.54) is 19.2 Å². The van der Waals surface area contributed by atoms with Gasteiger partial charge in [-0.2, -0.15) is 0 Å². The third-order valence-electron chi connectivity index (χ3n) is 5.07. The molecule has 0 atom stereocenters. The molecule has 0 amide bonds. The fourth-order valence-corrected chi connectivity index (χ4v) is 3.46. The van der Waals surface area contributed by atoms with E-state index in [-0.39, 0.29) is 36.2 Å². The Morgan fingerprint density at radius 2 is 1.82 bits per heavy atom. The van der Waals surface area contributed by atoms with Crippen LogP contribution in [-0.4, -0.2) is 34.8 Å². The van der Waals surface area contributed by atoms with Gasteiger partial charge in [0.05, 0.1) is 7.11 Å². The molecule has 2 aromatic heterocycles. The van der Waals surface area contributed by atoms with Gasteiger partial charge in [-0.3, -0.25) is 4.98 Å². The van der Waals surface area contributed by atoms with Gasteiger partial charge < -0.3 is 14.6 Å². The molecule has 4 aromatic rings. The van der Waals surface area contributed by atoms with Crippen molar-refractivity contribution in [3.05, 3.63) is 101 Å². The van der Waals surface area contributed by atoms with Gasteiger partial charge in [0, 0.05) is 11.6 Å². The van der Waals surface area contributed by atoms with E-state index < -0.39 is 5.97 Å². The molecule has 0 fully saturated rings. The van der Waals surface area contributed by atoms with Gasteiger partial charge in [-0.1, -0.05) is 48.4 Å². The Morgan fingerprint density at radius 3 is 2.53 bits per heavy atom. The first-order valence-corrected chi connectivity index (χ1v) is 10.5. The number of methoxy groups -OCH3 is 1. The van der Waals surface area contributed by atoms with Crippen LogP contribution in [0.3, 0.4) is 0 Å². The molecule has 0 bridgehead atoms. The number of hydrogen-bond donors (Lipinski definition) is 1. The van der Waals surface area contributed by atoms with Crippen LogP contribution < -0.4 is 4.74 Å². The van der Waals surface area contributed by atoms with Crippen molar-refractivity contribution < 1.29 is 23.8 Å². The number of aromatic nitrogens is 2. The van der Waals surface area contributed by atoms with Crippen molar-refractivity contribution in [3.63, 3.8) is 0 Å². The molecule has 2 heterocycles. The van der Waals surface area contributed by atoms with Crippen LogP contribution in [0.4, 0.5) is 4.39 Å². The zero-order valence-electron chi connectivity index (χ0n) is 18.4. The molecule has 2 aromatic carbocycles. The summed E-state index contributed by atoms with van der Waals surface area (Å²) in [5.74, 6) is 4.57. The van der Waals surface area contributed by atoms with Crippen LogP contribution in [0.15, 0.2) is 66.9 Å². The molecule has 0 saturated heterocycles. The molecule has 34 heavy (non-hydrogen) atoms. The smallest absolute Gasteiger partial charge is 0.360 e. The van der Waals surface area contributed by atoms with E-state index in [1.807, 2.05) is 36.4 Å². The lowest BCUT2D eigenvalue weighted by atomic mass is 10.0. The summed E-state index contributed by atoms with van der Waals surface area (Å²) in [5.41, 5.74) is 3.27. The largest absolute Gasteiger partial charge is 0.484 e. The molecule has 6 nitrogen and oxygen atoms in total. The average Bonchev–Trinajstić information content (AvgIpc) is 2.87. The second-order valence-electron chi connectivity index (χ2n) is 7.41. The molecule has 0 aliphatic carbocycles. The van der Waals surface area contributed by atoms with Gasteiger partial charge in [-0.15, -0.1) is 0 Å². The number of esters is 1. The molecule has 4 rings (SSSR count). The molecule has 0 radical (unpaired) electrons. The molecule has 1 N–H and O–H groups in total. The lowest BCUT2D eigenvalue weighted by Crippen LogP contribution is -2.11. The minimum Gasteiger partial charge on any atom is -0.484 e. The molecule has 0 spiro atoms. The standard InChI is InChI=1S/C27H21FN2O4/c1-33-27(32)25-26(34-17-19-6-3-2-4-7-19)24-22(23(30-25)8-5-13-31)15-20(16-29-24)14-18-9-11-21(28)12-10-18/h2-4,6-7,9-12,15-16,31H,13-14,17H2,1H3. The maximum Gasteiger partial charge on any atom is 0.360 e. The number of halogens is 1. The topological polar surface area (TPSA) is 81.5 Å². The predicted molar refractivity (Wildman–Crippen MR) is 125 cm³/mol. The van der Waals surface area contributed by atoms with E-state index in [4.69, 9.17) is 9.47 Å². The van der Waals surface area contributed by atoms with Crippen LogP contribution in [0, 0.1) is 17.7 Å². The second-order valence-corrected chi connectivity index (χ2v) is 7.41. The summed E-state index contributed by atoms with van der Waals surface area (Å²) in [5, 5.41) is 9.76. The maximum atomic E-state index is 13.3. The van der Waals surface area contributed by atoms with E-state index in [9.17, 15) is 14.3 Å². The van der Waals surface area contributed by atoms with Gasteiger partial charge in [-0.25, -0.2) is 14.2 Å². The zero-order chi connectivity index (χ0) is 23.9. The molecular formula is C27H21FN2O4. The van der Waals surface area contributed by atoms with Crippen molar-refractivity contribution in [1.82, 2.24) is 9.97 Å². The number of rotatable bonds is 6. The number of fused-ring (bicyclic) bond motifs is 1. The van der Waals surface area contributed by atoms with Crippen LogP contribution in [-0.2, 0) is 17.8 Å². The van der Waals surface area contributed by atoms with Crippen molar-refractivity contribution in [3.8, 4) is 17.6 Å². The first kappa shape index (κ1) is 22.9. The lowest BCUT2D eigenvalue weighted by molar-refractivity contribution is 0.0588. The van der Waals surface area contributed by atoms with E-state index in [2.05, 4.69) is 21.8 Å². The third-order valence-corrected chi connectivity index (χ3v) is 5.07. The normalized spacial score (nSPS) is 10.4. The summed E-state index contributed by atoms with van der Waals surface area (Å²) in [6.45, 7) is -0.173. The second kappa shape index (κ2) is 10.6. The van der Waals surface area contributed by atoms with E-state index in [1.54, 1.807) is 18.3 Å². The first-order valence-electron chi connectivity index (χ1n) is 10.5. The highest BCUT2D eigenvalue weighted by Gasteiger charge is 2.22. The van der Waals surface area contributed by atoms with E-state index in [0.29, 0.717) is 17.3 Å². The predicted octanol–water partition coefficient (Wildman–Crippen LogP) is 4.07. The maximum absolute atomic E-state index is 13.3. The minimum atomic E-state index is -0.686. The van der Waals surface area contributed by atoms with Gasteiger partial charge >= 0.3 is 5.97 Å². The SMILES string of the molecule is COC(=O)c1nc(C#CCO)c2cc(Cc3ccc(F)cc3)cnc2c1OCc1ccccc1. The van der Waals surface area contributed by atoms with Gasteiger partial charge in [0.1, 0.15) is 30.2 Å². The van der Waals surface area contributed by atoms with Gasteiger partial charge in [-0.05, 0) is 47.2 Å². The molecule has 0 saturated carbocycles. The Hall–Kier alpha value is -4.28. The third kappa shape index (κ3) is 5.20. The van der Waals surface area contributed by atoms with Crippen LogP contribution in [0.2, 0.25) is 0 Å². The number of carbonyl (C=O) groups is 1. The summed E-state index contributed by atoms with van der Waals surface area (Å²) in [7, 11) is 1.26. The van der Waals surface area contributed by atoms with Crippen molar-refractivity contribution in [2.45, 2.75) is 13.0 Å². The molecule has 0 aliphatic rings. The Morgan fingerprint density at radius 1 is 1.06 bits per heavy atom. The lowest BCUT2D eigenvalue weighted by Gasteiger charge is -2.14. The summed E-state index contributed by atoms with van der Waals surface area (Å²) >= 11 is 0. The van der Waals surface area contributed by atoms with Gasteiger partial charge in [0.2, 0.25) is 0 Å². The summed E-state index contributed by atoms with van der Waals surface area (Å²) < 4.78 is 24.2. The van der Waals surface area contributed by atoms with Crippen LogP contribution in [0.1, 0.15) is 32.9 Å². The van der Waals surface area contributed by atoms with Crippen LogP contribution >= 0.6 is 0 Å². The van der Waals surface area contributed by atoms with Crippen LogP contribution in [0.25, 0.3) is 10.9 Å². The Kier molecular flexibility index (Phi) is 7.11. The number of carbonyl (C=O) groups excluding carboxylic acids is 1. The molecular weight excluding hydrogens is 435 g/mol. The number of aliphatic hydroxyl groups is 1. The number of aliphatic hydroxyl groups excluding tert-OH is 1. The highest BCUT2D eigenvalue weighted by molar-refractivity contribution is 5.99. The molecule has 0 unspecified atom stereocenters. The summed E-state index contributed by atoms with van der Waals surface area (Å²) in [6, 6.07) is 17.6. The van der Waals surface area contributed by atoms with Crippen molar-refractivity contribution in [1.29, 1.82) is 0 Å². The molecule has 0 aliphatic heterocycles. The Labute approximate surface area is 196 Å². The van der Waals surface area contributed by atoms with Crippen molar-refractivity contribution in [2.24, 2.45) is 0 Å². The average molecular weight is 456 g/mol.